The largest absolute Gasteiger partial charge is 0.489 e. The van der Waals surface area contributed by atoms with Gasteiger partial charge in [0.1, 0.15) is 24.0 Å². The van der Waals surface area contributed by atoms with Crippen LogP contribution in [0.15, 0.2) is 48.8 Å². The van der Waals surface area contributed by atoms with Crippen LogP contribution in [0.2, 0.25) is 5.02 Å². The molecule has 4 rings (SSSR count). The molecule has 5 nitrogen and oxygen atoms in total. The predicted octanol–water partition coefficient (Wildman–Crippen LogP) is 5.20. The molecule has 0 bridgehead atoms. The molecular weight excluding hydrogens is 407 g/mol. The molecule has 1 aliphatic rings. The van der Waals surface area contributed by atoms with Gasteiger partial charge in [0.15, 0.2) is 0 Å². The number of hydrogen-bond donors (Lipinski definition) is 0. The molecule has 0 saturated carbocycles. The van der Waals surface area contributed by atoms with E-state index in [1.807, 2.05) is 42.0 Å². The highest BCUT2D eigenvalue weighted by Crippen LogP contribution is 2.37. The molecule has 7 heteroatoms. The van der Waals surface area contributed by atoms with Crippen LogP contribution in [0, 0.1) is 12.7 Å². The van der Waals surface area contributed by atoms with Crippen LogP contribution in [-0.4, -0.2) is 29.9 Å². The molecule has 0 amide bonds. The summed E-state index contributed by atoms with van der Waals surface area (Å²) in [6.07, 6.45) is 4.97. The van der Waals surface area contributed by atoms with Gasteiger partial charge in [-0.3, -0.25) is 0 Å². The average molecular weight is 431 g/mol. The summed E-state index contributed by atoms with van der Waals surface area (Å²) in [6, 6.07) is 10.5. The molecule has 0 radical (unpaired) electrons. The van der Waals surface area contributed by atoms with Crippen LogP contribution in [0.1, 0.15) is 29.8 Å². The van der Waals surface area contributed by atoms with Crippen LogP contribution >= 0.6 is 11.6 Å². The van der Waals surface area contributed by atoms with Gasteiger partial charge in [-0.1, -0.05) is 17.7 Å². The van der Waals surface area contributed by atoms with Gasteiger partial charge in [0, 0.05) is 67.9 Å². The van der Waals surface area contributed by atoms with Gasteiger partial charge in [0.05, 0.1) is 5.60 Å². The van der Waals surface area contributed by atoms with E-state index in [9.17, 15) is 4.39 Å². The number of nitrogens with zero attached hydrogens (tertiary/aromatic N) is 2. The summed E-state index contributed by atoms with van der Waals surface area (Å²) in [5.41, 5.74) is 1.95. The van der Waals surface area contributed by atoms with E-state index in [1.165, 1.54) is 12.1 Å². The van der Waals surface area contributed by atoms with Crippen molar-refractivity contribution >= 4 is 11.6 Å². The highest BCUT2D eigenvalue weighted by atomic mass is 35.5. The normalized spacial score (nSPS) is 15.9. The highest BCUT2D eigenvalue weighted by Gasteiger charge is 2.35. The lowest BCUT2D eigenvalue weighted by atomic mass is 9.86. The minimum absolute atomic E-state index is 0.230. The Kier molecular flexibility index (Phi) is 6.09. The lowest BCUT2D eigenvalue weighted by Crippen LogP contribution is -2.35. The smallest absolute Gasteiger partial charge is 0.127 e. The van der Waals surface area contributed by atoms with Crippen molar-refractivity contribution in [3.05, 3.63) is 76.6 Å². The van der Waals surface area contributed by atoms with Gasteiger partial charge in [-0.05, 0) is 36.8 Å². The Balaban J connectivity index is 1.53. The van der Waals surface area contributed by atoms with E-state index in [4.69, 9.17) is 25.8 Å². The summed E-state index contributed by atoms with van der Waals surface area (Å²) in [5, 5.41) is 0.579. The second kappa shape index (κ2) is 8.76. The number of halogens is 2. The first kappa shape index (κ1) is 20.8. The van der Waals surface area contributed by atoms with Gasteiger partial charge in [-0.25, -0.2) is 9.37 Å². The van der Waals surface area contributed by atoms with Crippen LogP contribution in [0.3, 0.4) is 0 Å². The molecule has 0 atom stereocenters. The van der Waals surface area contributed by atoms with Gasteiger partial charge < -0.3 is 18.8 Å². The monoisotopic (exact) mass is 430 g/mol. The third-order valence-corrected chi connectivity index (χ3v) is 5.98. The van der Waals surface area contributed by atoms with Crippen LogP contribution < -0.4 is 4.74 Å². The van der Waals surface area contributed by atoms with Crippen molar-refractivity contribution in [1.82, 2.24) is 9.55 Å². The fourth-order valence-corrected chi connectivity index (χ4v) is 4.07. The van der Waals surface area contributed by atoms with Crippen molar-refractivity contribution in [2.24, 2.45) is 0 Å². The van der Waals surface area contributed by atoms with Crippen LogP contribution in [0.25, 0.3) is 5.69 Å². The van der Waals surface area contributed by atoms with E-state index in [1.54, 1.807) is 13.3 Å². The Bertz CT molecular complexity index is 1030. The lowest BCUT2D eigenvalue weighted by molar-refractivity contribution is -0.0950. The zero-order chi connectivity index (χ0) is 21.1. The topological polar surface area (TPSA) is 45.5 Å². The van der Waals surface area contributed by atoms with Crippen molar-refractivity contribution in [2.75, 3.05) is 20.3 Å². The van der Waals surface area contributed by atoms with Crippen molar-refractivity contribution in [3.63, 3.8) is 0 Å². The van der Waals surface area contributed by atoms with Crippen molar-refractivity contribution in [3.8, 4) is 11.4 Å². The van der Waals surface area contributed by atoms with Crippen LogP contribution in [0.5, 0.6) is 5.75 Å². The van der Waals surface area contributed by atoms with Gasteiger partial charge in [-0.15, -0.1) is 0 Å². The molecule has 1 saturated heterocycles. The molecule has 0 unspecified atom stereocenters. The van der Waals surface area contributed by atoms with Crippen molar-refractivity contribution in [2.45, 2.75) is 32.0 Å². The van der Waals surface area contributed by atoms with E-state index in [-0.39, 0.29) is 12.4 Å². The number of benzene rings is 2. The second-order valence-electron chi connectivity index (χ2n) is 7.40. The Morgan fingerprint density at radius 3 is 2.67 bits per heavy atom. The summed E-state index contributed by atoms with van der Waals surface area (Å²) in [5.74, 6) is 0.962. The van der Waals surface area contributed by atoms with E-state index >= 15 is 0 Å². The number of methoxy groups -OCH3 is 1. The van der Waals surface area contributed by atoms with Crippen molar-refractivity contribution in [1.29, 1.82) is 0 Å². The first-order chi connectivity index (χ1) is 14.5. The molecule has 0 N–H and O–H groups in total. The van der Waals surface area contributed by atoms with Crippen LogP contribution in [-0.2, 0) is 21.7 Å². The maximum atomic E-state index is 14.3. The van der Waals surface area contributed by atoms with E-state index in [0.29, 0.717) is 36.8 Å². The fourth-order valence-electron chi connectivity index (χ4n) is 3.84. The molecule has 30 heavy (non-hydrogen) atoms. The average Bonchev–Trinajstić information content (AvgIpc) is 3.19. The number of aryl methyl sites for hydroxylation is 1. The number of aromatic nitrogens is 2. The molecule has 1 aromatic heterocycles. The van der Waals surface area contributed by atoms with Gasteiger partial charge >= 0.3 is 0 Å². The molecule has 0 spiro atoms. The first-order valence-electron chi connectivity index (χ1n) is 9.86. The molecular formula is C23H24ClFN2O3. The summed E-state index contributed by atoms with van der Waals surface area (Å²) in [6.45, 7) is 3.32. The Morgan fingerprint density at radius 2 is 2.00 bits per heavy atom. The summed E-state index contributed by atoms with van der Waals surface area (Å²) >= 11 is 6.47. The summed E-state index contributed by atoms with van der Waals surface area (Å²) in [7, 11) is 1.65. The zero-order valence-corrected chi connectivity index (χ0v) is 17.8. The molecule has 3 aromatic rings. The Labute approximate surface area is 180 Å². The standard InChI is InChI=1S/C23H24ClFN2O3/c1-16-26-7-8-27(16)20-4-3-17(22(24)14-20)15-30-21-12-18(11-19(25)13-21)23(28-2)5-9-29-10-6-23/h3-4,7-8,11-14H,5-6,9-10,15H2,1-2H3. The maximum Gasteiger partial charge on any atom is 0.127 e. The van der Waals surface area contributed by atoms with E-state index < -0.39 is 5.60 Å². The number of rotatable bonds is 6. The molecule has 1 fully saturated rings. The van der Waals surface area contributed by atoms with Gasteiger partial charge in [0.2, 0.25) is 0 Å². The maximum absolute atomic E-state index is 14.3. The summed E-state index contributed by atoms with van der Waals surface area (Å²) in [4.78, 5) is 4.23. The number of ether oxygens (including phenoxy) is 3. The third kappa shape index (κ3) is 4.21. The Hall–Kier alpha value is -2.41. The fraction of sp³-hybridized carbons (Fsp3) is 0.348. The van der Waals surface area contributed by atoms with Crippen molar-refractivity contribution < 1.29 is 18.6 Å². The summed E-state index contributed by atoms with van der Waals surface area (Å²) < 4.78 is 33.4. The number of imidazole rings is 1. The molecule has 1 aliphatic heterocycles. The molecule has 2 aromatic carbocycles. The minimum Gasteiger partial charge on any atom is -0.489 e. The predicted molar refractivity (Wildman–Crippen MR) is 113 cm³/mol. The lowest BCUT2D eigenvalue weighted by Gasteiger charge is -2.36. The SMILES string of the molecule is COC1(c2cc(F)cc(OCc3ccc(-n4ccnc4C)cc3Cl)c2)CCOCC1. The molecule has 2 heterocycles. The minimum atomic E-state index is -0.555. The quantitative estimate of drug-likeness (QED) is 0.539. The van der Waals surface area contributed by atoms with E-state index in [2.05, 4.69) is 4.98 Å². The first-order valence-corrected chi connectivity index (χ1v) is 10.2. The van der Waals surface area contributed by atoms with Gasteiger partial charge in [-0.2, -0.15) is 0 Å². The zero-order valence-electron chi connectivity index (χ0n) is 17.0. The second-order valence-corrected chi connectivity index (χ2v) is 7.80. The number of hydrogen-bond acceptors (Lipinski definition) is 4. The molecule has 0 aliphatic carbocycles. The third-order valence-electron chi connectivity index (χ3n) is 5.62. The van der Waals surface area contributed by atoms with Crippen LogP contribution in [0.4, 0.5) is 4.39 Å². The Morgan fingerprint density at radius 1 is 1.20 bits per heavy atom. The van der Waals surface area contributed by atoms with Gasteiger partial charge in [0.25, 0.3) is 0 Å². The molecule has 158 valence electrons. The highest BCUT2D eigenvalue weighted by molar-refractivity contribution is 6.31. The van der Waals surface area contributed by atoms with E-state index in [0.717, 1.165) is 22.6 Å².